The molecule has 0 spiro atoms. The Morgan fingerprint density at radius 1 is 1.10 bits per heavy atom. The molecule has 1 aliphatic rings. The van der Waals surface area contributed by atoms with E-state index in [1.165, 1.54) is 5.56 Å². The highest BCUT2D eigenvalue weighted by Gasteiger charge is 2.23. The van der Waals surface area contributed by atoms with Crippen molar-refractivity contribution in [3.8, 4) is 5.75 Å². The molecule has 0 saturated heterocycles. The molecule has 0 fully saturated rings. The number of rotatable bonds is 3. The molecular formula is C25H29NO3. The number of aryl methyl sites for hydroxylation is 2. The Hall–Kier alpha value is -2.75. The van der Waals surface area contributed by atoms with Gasteiger partial charge in [-0.25, -0.2) is 4.79 Å². The molecule has 2 heterocycles. The Labute approximate surface area is 172 Å². The van der Waals surface area contributed by atoms with E-state index in [2.05, 4.69) is 62.9 Å². The van der Waals surface area contributed by atoms with E-state index in [9.17, 15) is 4.79 Å². The SMILES string of the molecule is CCCc1cc(=O)oc2c(C)c3c(cc12)CN(c1ccc(C(C)(C)C)cc1)CO3. The summed E-state index contributed by atoms with van der Waals surface area (Å²) in [6, 6.07) is 12.5. The Balaban J connectivity index is 1.73. The summed E-state index contributed by atoms with van der Waals surface area (Å²) < 4.78 is 11.7. The zero-order valence-corrected chi connectivity index (χ0v) is 18.0. The molecule has 0 atom stereocenters. The lowest BCUT2D eigenvalue weighted by atomic mass is 9.87. The molecule has 152 valence electrons. The fourth-order valence-electron chi connectivity index (χ4n) is 4.10. The lowest BCUT2D eigenvalue weighted by Crippen LogP contribution is -2.32. The molecular weight excluding hydrogens is 362 g/mol. The van der Waals surface area contributed by atoms with Gasteiger partial charge < -0.3 is 14.1 Å². The van der Waals surface area contributed by atoms with Gasteiger partial charge in [-0.15, -0.1) is 0 Å². The highest BCUT2D eigenvalue weighted by atomic mass is 16.5. The number of fused-ring (bicyclic) bond motifs is 2. The van der Waals surface area contributed by atoms with E-state index in [0.29, 0.717) is 12.3 Å². The van der Waals surface area contributed by atoms with Crippen LogP contribution in [0.5, 0.6) is 5.75 Å². The topological polar surface area (TPSA) is 42.7 Å². The number of ether oxygens (including phenoxy) is 1. The largest absolute Gasteiger partial charge is 0.472 e. The van der Waals surface area contributed by atoms with Crippen LogP contribution in [0.15, 0.2) is 45.6 Å². The molecule has 2 aromatic carbocycles. The minimum Gasteiger partial charge on any atom is -0.472 e. The number of anilines is 1. The van der Waals surface area contributed by atoms with Gasteiger partial charge in [-0.1, -0.05) is 46.2 Å². The summed E-state index contributed by atoms with van der Waals surface area (Å²) in [5.74, 6) is 0.844. The number of benzene rings is 2. The standard InChI is InChI=1S/C25H29NO3/c1-6-7-17-13-22(27)29-24-16(2)23-18(12-21(17)24)14-26(15-28-23)20-10-8-19(9-11-20)25(3,4)5/h8-13H,6-7,14-15H2,1-5H3. The van der Waals surface area contributed by atoms with Gasteiger partial charge in [0.05, 0.1) is 0 Å². The lowest BCUT2D eigenvalue weighted by molar-refractivity contribution is 0.287. The number of hydrogen-bond donors (Lipinski definition) is 0. The molecule has 4 heteroatoms. The van der Waals surface area contributed by atoms with E-state index in [0.717, 1.165) is 52.9 Å². The fourth-order valence-corrected chi connectivity index (χ4v) is 4.10. The summed E-state index contributed by atoms with van der Waals surface area (Å²) >= 11 is 0. The number of nitrogens with zero attached hydrogens (tertiary/aromatic N) is 1. The molecule has 0 aliphatic carbocycles. The second-order valence-corrected chi connectivity index (χ2v) is 8.98. The molecule has 0 saturated carbocycles. The summed E-state index contributed by atoms with van der Waals surface area (Å²) in [6.45, 7) is 12.0. The van der Waals surface area contributed by atoms with Gasteiger partial charge in [0.1, 0.15) is 11.3 Å². The van der Waals surface area contributed by atoms with E-state index >= 15 is 0 Å². The summed E-state index contributed by atoms with van der Waals surface area (Å²) in [4.78, 5) is 14.3. The maximum absolute atomic E-state index is 12.0. The van der Waals surface area contributed by atoms with E-state index in [4.69, 9.17) is 9.15 Å². The number of hydrogen-bond acceptors (Lipinski definition) is 4. The summed E-state index contributed by atoms with van der Waals surface area (Å²) in [5.41, 5.74) is 6.07. The first-order valence-corrected chi connectivity index (χ1v) is 10.4. The van der Waals surface area contributed by atoms with Crippen LogP contribution in [0.1, 0.15) is 56.4 Å². The zero-order chi connectivity index (χ0) is 20.8. The third-order valence-electron chi connectivity index (χ3n) is 5.72. The Bertz CT molecular complexity index is 1100. The highest BCUT2D eigenvalue weighted by molar-refractivity contribution is 5.86. The fraction of sp³-hybridized carbons (Fsp3) is 0.400. The van der Waals surface area contributed by atoms with E-state index < -0.39 is 0 Å². The summed E-state index contributed by atoms with van der Waals surface area (Å²) in [7, 11) is 0. The van der Waals surface area contributed by atoms with E-state index in [1.54, 1.807) is 6.07 Å². The zero-order valence-electron chi connectivity index (χ0n) is 18.0. The van der Waals surface area contributed by atoms with Crippen molar-refractivity contribution in [3.05, 3.63) is 69.1 Å². The van der Waals surface area contributed by atoms with Crippen LogP contribution in [0.3, 0.4) is 0 Å². The normalized spacial score (nSPS) is 14.0. The predicted octanol–water partition coefficient (Wildman–Crippen LogP) is 5.71. The van der Waals surface area contributed by atoms with Gasteiger partial charge in [-0.05, 0) is 48.1 Å². The highest BCUT2D eigenvalue weighted by Crippen LogP contribution is 2.37. The summed E-state index contributed by atoms with van der Waals surface area (Å²) in [6.07, 6.45) is 1.84. The minimum atomic E-state index is -0.291. The van der Waals surface area contributed by atoms with Crippen LogP contribution in [0.25, 0.3) is 11.0 Å². The first-order valence-electron chi connectivity index (χ1n) is 10.4. The molecule has 0 amide bonds. The van der Waals surface area contributed by atoms with Crippen molar-refractivity contribution in [1.82, 2.24) is 0 Å². The Kier molecular flexibility index (Phi) is 4.89. The maximum Gasteiger partial charge on any atom is 0.336 e. The van der Waals surface area contributed by atoms with E-state index in [-0.39, 0.29) is 11.0 Å². The molecule has 0 bridgehead atoms. The van der Waals surface area contributed by atoms with E-state index in [1.807, 2.05) is 6.92 Å². The average molecular weight is 392 g/mol. The first kappa shape index (κ1) is 19.6. The smallest absolute Gasteiger partial charge is 0.336 e. The molecule has 0 unspecified atom stereocenters. The predicted molar refractivity (Wildman–Crippen MR) is 118 cm³/mol. The second kappa shape index (κ2) is 7.25. The van der Waals surface area contributed by atoms with Gasteiger partial charge in [0, 0.05) is 34.8 Å². The summed E-state index contributed by atoms with van der Waals surface area (Å²) in [5, 5.41) is 1.02. The third kappa shape index (κ3) is 3.64. The average Bonchev–Trinajstić information content (AvgIpc) is 2.68. The van der Waals surface area contributed by atoms with Crippen molar-refractivity contribution in [1.29, 1.82) is 0 Å². The van der Waals surface area contributed by atoms with Crippen molar-refractivity contribution in [2.24, 2.45) is 0 Å². The molecule has 3 aromatic rings. The minimum absolute atomic E-state index is 0.138. The van der Waals surface area contributed by atoms with Crippen LogP contribution in [0.4, 0.5) is 5.69 Å². The van der Waals surface area contributed by atoms with Gasteiger partial charge in [0.15, 0.2) is 6.73 Å². The Morgan fingerprint density at radius 2 is 1.83 bits per heavy atom. The Morgan fingerprint density at radius 3 is 2.48 bits per heavy atom. The molecule has 4 rings (SSSR count). The molecule has 1 aromatic heterocycles. The van der Waals surface area contributed by atoms with Crippen LogP contribution in [0, 0.1) is 6.92 Å². The maximum atomic E-state index is 12.0. The molecule has 1 aliphatic heterocycles. The van der Waals surface area contributed by atoms with Gasteiger partial charge >= 0.3 is 5.63 Å². The van der Waals surface area contributed by atoms with Gasteiger partial charge in [0.25, 0.3) is 0 Å². The van der Waals surface area contributed by atoms with Crippen molar-refractivity contribution in [3.63, 3.8) is 0 Å². The lowest BCUT2D eigenvalue weighted by Gasteiger charge is -2.32. The van der Waals surface area contributed by atoms with Crippen LogP contribution in [-0.2, 0) is 18.4 Å². The third-order valence-corrected chi connectivity index (χ3v) is 5.72. The van der Waals surface area contributed by atoms with Crippen LogP contribution < -0.4 is 15.3 Å². The van der Waals surface area contributed by atoms with Crippen LogP contribution in [-0.4, -0.2) is 6.73 Å². The molecule has 0 N–H and O–H groups in total. The van der Waals surface area contributed by atoms with Crippen LogP contribution >= 0.6 is 0 Å². The van der Waals surface area contributed by atoms with Gasteiger partial charge in [-0.2, -0.15) is 0 Å². The van der Waals surface area contributed by atoms with Crippen LogP contribution in [0.2, 0.25) is 0 Å². The molecule has 29 heavy (non-hydrogen) atoms. The first-order chi connectivity index (χ1) is 13.8. The van der Waals surface area contributed by atoms with Crippen molar-refractivity contribution >= 4 is 16.7 Å². The second-order valence-electron chi connectivity index (χ2n) is 8.98. The van der Waals surface area contributed by atoms with Crippen molar-refractivity contribution in [2.45, 2.75) is 59.4 Å². The monoisotopic (exact) mass is 391 g/mol. The molecule has 4 nitrogen and oxygen atoms in total. The van der Waals surface area contributed by atoms with Gasteiger partial charge in [0.2, 0.25) is 0 Å². The van der Waals surface area contributed by atoms with Crippen molar-refractivity contribution < 1.29 is 9.15 Å². The van der Waals surface area contributed by atoms with Gasteiger partial charge in [-0.3, -0.25) is 0 Å². The van der Waals surface area contributed by atoms with Crippen molar-refractivity contribution in [2.75, 3.05) is 11.6 Å². The molecule has 0 radical (unpaired) electrons. The quantitative estimate of drug-likeness (QED) is 0.537.